The summed E-state index contributed by atoms with van der Waals surface area (Å²) in [4.78, 5) is 15.3. The molecule has 0 bridgehead atoms. The minimum absolute atomic E-state index is 0.0137. The van der Waals surface area contributed by atoms with Crippen molar-refractivity contribution in [1.29, 1.82) is 0 Å². The standard InChI is InChI=1S/C23H25N3O2/c27-21-8-6-18(7-9-21)16-25-14-11-19(12-15-25)17-26-23(28)22(10-13-24-26)20-4-2-1-3-5-20/h1-10,13,19,27H,11-12,14-17H2. The van der Waals surface area contributed by atoms with Gasteiger partial charge in [-0.15, -0.1) is 0 Å². The van der Waals surface area contributed by atoms with Crippen molar-refractivity contribution in [3.05, 3.63) is 82.8 Å². The quantitative estimate of drug-likeness (QED) is 0.741. The summed E-state index contributed by atoms with van der Waals surface area (Å²) in [5.74, 6) is 0.769. The van der Waals surface area contributed by atoms with E-state index in [1.165, 1.54) is 5.56 Å². The predicted molar refractivity (Wildman–Crippen MR) is 110 cm³/mol. The zero-order valence-corrected chi connectivity index (χ0v) is 15.9. The molecule has 2 aromatic carbocycles. The average molecular weight is 375 g/mol. The lowest BCUT2D eigenvalue weighted by Gasteiger charge is -2.32. The van der Waals surface area contributed by atoms with Gasteiger partial charge in [0.2, 0.25) is 0 Å². The fraction of sp³-hybridized carbons (Fsp3) is 0.304. The number of nitrogens with zero attached hydrogens (tertiary/aromatic N) is 3. The van der Waals surface area contributed by atoms with Crippen LogP contribution >= 0.6 is 0 Å². The van der Waals surface area contributed by atoms with E-state index in [4.69, 9.17) is 0 Å². The Labute approximate surface area is 164 Å². The summed E-state index contributed by atoms with van der Waals surface area (Å²) in [5, 5.41) is 13.7. The zero-order valence-electron chi connectivity index (χ0n) is 15.9. The van der Waals surface area contributed by atoms with Crippen molar-refractivity contribution >= 4 is 0 Å². The number of phenolic OH excluding ortho intramolecular Hbond substituents is 1. The van der Waals surface area contributed by atoms with Gasteiger partial charge in [0, 0.05) is 19.3 Å². The highest BCUT2D eigenvalue weighted by Gasteiger charge is 2.21. The average Bonchev–Trinajstić information content (AvgIpc) is 2.73. The van der Waals surface area contributed by atoms with Gasteiger partial charge < -0.3 is 5.11 Å². The van der Waals surface area contributed by atoms with E-state index in [-0.39, 0.29) is 5.56 Å². The third-order valence-corrected chi connectivity index (χ3v) is 5.48. The number of piperidine rings is 1. The number of likely N-dealkylation sites (tertiary alicyclic amines) is 1. The Hall–Kier alpha value is -2.92. The fourth-order valence-corrected chi connectivity index (χ4v) is 3.85. The number of aromatic nitrogens is 2. The van der Waals surface area contributed by atoms with Crippen LogP contribution in [-0.4, -0.2) is 32.9 Å². The molecule has 1 saturated heterocycles. The molecule has 28 heavy (non-hydrogen) atoms. The summed E-state index contributed by atoms with van der Waals surface area (Å²) in [6, 6.07) is 19.0. The van der Waals surface area contributed by atoms with Gasteiger partial charge in [0.15, 0.2) is 0 Å². The van der Waals surface area contributed by atoms with E-state index in [2.05, 4.69) is 10.00 Å². The zero-order chi connectivity index (χ0) is 19.3. The molecule has 0 unspecified atom stereocenters. The lowest BCUT2D eigenvalue weighted by atomic mass is 9.96. The third kappa shape index (κ3) is 4.31. The van der Waals surface area contributed by atoms with Gasteiger partial charge >= 0.3 is 0 Å². The highest BCUT2D eigenvalue weighted by atomic mass is 16.3. The summed E-state index contributed by atoms with van der Waals surface area (Å²) < 4.78 is 1.63. The van der Waals surface area contributed by atoms with Gasteiger partial charge in [-0.1, -0.05) is 42.5 Å². The number of aromatic hydroxyl groups is 1. The van der Waals surface area contributed by atoms with E-state index in [0.29, 0.717) is 23.8 Å². The van der Waals surface area contributed by atoms with Crippen LogP contribution < -0.4 is 5.56 Å². The first-order chi connectivity index (χ1) is 13.7. The molecule has 5 heteroatoms. The van der Waals surface area contributed by atoms with Gasteiger partial charge in [0.05, 0.1) is 5.56 Å². The Kier molecular flexibility index (Phi) is 5.53. The SMILES string of the molecule is O=c1c(-c2ccccc2)ccnn1CC1CCN(Cc2ccc(O)cc2)CC1. The number of hydrogen-bond donors (Lipinski definition) is 1. The second kappa shape index (κ2) is 8.40. The Morgan fingerprint density at radius 3 is 2.39 bits per heavy atom. The Bertz CT molecular complexity index is 959. The molecule has 0 amide bonds. The lowest BCUT2D eigenvalue weighted by molar-refractivity contribution is 0.163. The van der Waals surface area contributed by atoms with E-state index in [0.717, 1.165) is 38.0 Å². The maximum Gasteiger partial charge on any atom is 0.274 e. The van der Waals surface area contributed by atoms with Crippen molar-refractivity contribution in [1.82, 2.24) is 14.7 Å². The molecule has 5 nitrogen and oxygen atoms in total. The molecule has 144 valence electrons. The summed E-state index contributed by atoms with van der Waals surface area (Å²) in [5.41, 5.74) is 2.85. The maximum absolute atomic E-state index is 12.8. The molecular formula is C23H25N3O2. The van der Waals surface area contributed by atoms with Gasteiger partial charge in [-0.2, -0.15) is 5.10 Å². The molecule has 3 aromatic rings. The van der Waals surface area contributed by atoms with Crippen molar-refractivity contribution in [2.45, 2.75) is 25.9 Å². The number of phenols is 1. The largest absolute Gasteiger partial charge is 0.508 e. The summed E-state index contributed by atoms with van der Waals surface area (Å²) in [6.07, 6.45) is 3.84. The molecule has 0 saturated carbocycles. The summed E-state index contributed by atoms with van der Waals surface area (Å²) in [7, 11) is 0. The van der Waals surface area contributed by atoms with E-state index >= 15 is 0 Å². The van der Waals surface area contributed by atoms with Crippen LogP contribution in [0.4, 0.5) is 0 Å². The molecule has 1 aliphatic heterocycles. The fourth-order valence-electron chi connectivity index (χ4n) is 3.85. The van der Waals surface area contributed by atoms with E-state index < -0.39 is 0 Å². The van der Waals surface area contributed by atoms with E-state index in [1.54, 1.807) is 29.1 Å². The first-order valence-corrected chi connectivity index (χ1v) is 9.81. The molecule has 0 aliphatic carbocycles. The summed E-state index contributed by atoms with van der Waals surface area (Å²) in [6.45, 7) is 3.60. The highest BCUT2D eigenvalue weighted by molar-refractivity contribution is 5.61. The first kappa shape index (κ1) is 18.4. The van der Waals surface area contributed by atoms with Crippen LogP contribution in [0.25, 0.3) is 11.1 Å². The molecule has 1 fully saturated rings. The third-order valence-electron chi connectivity index (χ3n) is 5.48. The number of rotatable bonds is 5. The Morgan fingerprint density at radius 1 is 0.964 bits per heavy atom. The smallest absolute Gasteiger partial charge is 0.274 e. The van der Waals surface area contributed by atoms with Crippen LogP contribution in [0.2, 0.25) is 0 Å². The molecule has 0 radical (unpaired) electrons. The van der Waals surface area contributed by atoms with Crippen LogP contribution in [0.15, 0.2) is 71.7 Å². The van der Waals surface area contributed by atoms with Crippen molar-refractivity contribution in [3.63, 3.8) is 0 Å². The van der Waals surface area contributed by atoms with E-state index in [9.17, 15) is 9.90 Å². The molecule has 0 atom stereocenters. The van der Waals surface area contributed by atoms with Crippen LogP contribution in [-0.2, 0) is 13.1 Å². The molecule has 1 aliphatic rings. The molecule has 1 aromatic heterocycles. The van der Waals surface area contributed by atoms with Gasteiger partial charge in [0.25, 0.3) is 5.56 Å². The van der Waals surface area contributed by atoms with Crippen molar-refractivity contribution < 1.29 is 5.11 Å². The number of hydrogen-bond acceptors (Lipinski definition) is 4. The molecule has 4 rings (SSSR count). The second-order valence-electron chi connectivity index (χ2n) is 7.48. The van der Waals surface area contributed by atoms with Crippen LogP contribution in [0.3, 0.4) is 0 Å². The van der Waals surface area contributed by atoms with Gasteiger partial charge in [-0.3, -0.25) is 9.69 Å². The predicted octanol–water partition coefficient (Wildman–Crippen LogP) is 3.53. The van der Waals surface area contributed by atoms with Gasteiger partial charge in [-0.25, -0.2) is 4.68 Å². The summed E-state index contributed by atoms with van der Waals surface area (Å²) >= 11 is 0. The minimum Gasteiger partial charge on any atom is -0.508 e. The second-order valence-corrected chi connectivity index (χ2v) is 7.48. The van der Waals surface area contributed by atoms with Gasteiger partial charge in [0.1, 0.15) is 5.75 Å². The Balaban J connectivity index is 1.37. The monoisotopic (exact) mass is 375 g/mol. The first-order valence-electron chi connectivity index (χ1n) is 9.81. The Morgan fingerprint density at radius 2 is 1.68 bits per heavy atom. The number of benzene rings is 2. The normalized spacial score (nSPS) is 15.6. The van der Waals surface area contributed by atoms with Crippen molar-refractivity contribution in [2.24, 2.45) is 5.92 Å². The topological polar surface area (TPSA) is 58.4 Å². The maximum atomic E-state index is 12.8. The highest BCUT2D eigenvalue weighted by Crippen LogP contribution is 2.21. The molecule has 1 N–H and O–H groups in total. The molecular weight excluding hydrogens is 350 g/mol. The van der Waals surface area contributed by atoms with Crippen molar-refractivity contribution in [2.75, 3.05) is 13.1 Å². The van der Waals surface area contributed by atoms with Crippen LogP contribution in [0.5, 0.6) is 5.75 Å². The lowest BCUT2D eigenvalue weighted by Crippen LogP contribution is -2.36. The molecule has 0 spiro atoms. The van der Waals surface area contributed by atoms with Crippen LogP contribution in [0, 0.1) is 5.92 Å². The van der Waals surface area contributed by atoms with E-state index in [1.807, 2.05) is 42.5 Å². The van der Waals surface area contributed by atoms with Crippen LogP contribution in [0.1, 0.15) is 18.4 Å². The molecule has 2 heterocycles. The van der Waals surface area contributed by atoms with Crippen molar-refractivity contribution in [3.8, 4) is 16.9 Å². The van der Waals surface area contributed by atoms with Gasteiger partial charge in [-0.05, 0) is 61.2 Å². The minimum atomic E-state index is -0.0137.